The Morgan fingerprint density at radius 1 is 1.09 bits per heavy atom. The lowest BCUT2D eigenvalue weighted by Crippen LogP contribution is -2.23. The van der Waals surface area contributed by atoms with Gasteiger partial charge in [0.2, 0.25) is 5.91 Å². The van der Waals surface area contributed by atoms with Gasteiger partial charge >= 0.3 is 0 Å². The van der Waals surface area contributed by atoms with Gasteiger partial charge in [-0.25, -0.2) is 0 Å². The number of nitrogens with one attached hydrogen (secondary N) is 2. The largest absolute Gasteiger partial charge is 0.497 e. The van der Waals surface area contributed by atoms with E-state index in [0.717, 1.165) is 30.0 Å². The molecule has 4 heteroatoms. The lowest BCUT2D eigenvalue weighted by molar-refractivity contribution is -0.116. The first kappa shape index (κ1) is 17.0. The van der Waals surface area contributed by atoms with Crippen LogP contribution in [0.3, 0.4) is 0 Å². The first-order valence-corrected chi connectivity index (χ1v) is 7.88. The number of methoxy groups -OCH3 is 1. The highest BCUT2D eigenvalue weighted by Gasteiger charge is 2.03. The Hall–Kier alpha value is -2.33. The Bertz CT molecular complexity index is 641. The quantitative estimate of drug-likeness (QED) is 0.736. The molecule has 0 unspecified atom stereocenters. The molecule has 2 aromatic rings. The molecule has 2 rings (SSSR count). The zero-order chi connectivity index (χ0) is 16.5. The molecule has 0 radical (unpaired) electrons. The molecule has 0 heterocycles. The lowest BCUT2D eigenvalue weighted by Gasteiger charge is -2.09. The second-order valence-corrected chi connectivity index (χ2v) is 5.46. The van der Waals surface area contributed by atoms with E-state index in [2.05, 4.69) is 16.7 Å². The number of aryl methyl sites for hydroxylation is 1. The molecule has 0 fully saturated rings. The van der Waals surface area contributed by atoms with Crippen molar-refractivity contribution in [3.8, 4) is 5.75 Å². The maximum Gasteiger partial charge on any atom is 0.225 e. The molecule has 23 heavy (non-hydrogen) atoms. The van der Waals surface area contributed by atoms with E-state index in [1.807, 2.05) is 49.4 Å². The third kappa shape index (κ3) is 5.75. The Morgan fingerprint density at radius 3 is 2.70 bits per heavy atom. The van der Waals surface area contributed by atoms with E-state index in [1.54, 1.807) is 7.11 Å². The summed E-state index contributed by atoms with van der Waals surface area (Å²) in [5.74, 6) is 0.910. The highest BCUT2D eigenvalue weighted by Crippen LogP contribution is 2.13. The van der Waals surface area contributed by atoms with Crippen LogP contribution in [0.15, 0.2) is 48.5 Å². The molecule has 0 aromatic heterocycles. The molecule has 0 saturated carbocycles. The maximum absolute atomic E-state index is 11.9. The van der Waals surface area contributed by atoms with Crippen LogP contribution in [-0.4, -0.2) is 26.1 Å². The first-order valence-electron chi connectivity index (χ1n) is 7.88. The molecule has 2 aromatic carbocycles. The molecular formula is C19H24N2O2. The van der Waals surface area contributed by atoms with Crippen molar-refractivity contribution in [2.45, 2.75) is 19.8 Å². The number of ether oxygens (including phenoxy) is 1. The minimum absolute atomic E-state index is 0.0354. The summed E-state index contributed by atoms with van der Waals surface area (Å²) in [6.45, 7) is 3.49. The molecule has 4 nitrogen and oxygen atoms in total. The smallest absolute Gasteiger partial charge is 0.225 e. The van der Waals surface area contributed by atoms with Crippen LogP contribution < -0.4 is 15.4 Å². The zero-order valence-electron chi connectivity index (χ0n) is 13.8. The average molecular weight is 312 g/mol. The molecular weight excluding hydrogens is 288 g/mol. The highest BCUT2D eigenvalue weighted by atomic mass is 16.5. The number of hydrogen-bond donors (Lipinski definition) is 2. The molecule has 0 spiro atoms. The fraction of sp³-hybridized carbons (Fsp3) is 0.316. The van der Waals surface area contributed by atoms with Crippen LogP contribution in [-0.2, 0) is 11.2 Å². The van der Waals surface area contributed by atoms with Crippen molar-refractivity contribution in [1.29, 1.82) is 0 Å². The summed E-state index contributed by atoms with van der Waals surface area (Å²) in [7, 11) is 1.67. The molecule has 0 saturated heterocycles. The van der Waals surface area contributed by atoms with Gasteiger partial charge in [0.25, 0.3) is 0 Å². The first-order chi connectivity index (χ1) is 11.2. The molecule has 2 N–H and O–H groups in total. The van der Waals surface area contributed by atoms with Gasteiger partial charge in [0, 0.05) is 18.7 Å². The number of amides is 1. The minimum Gasteiger partial charge on any atom is -0.497 e. The summed E-state index contributed by atoms with van der Waals surface area (Å²) >= 11 is 0. The number of hydrogen-bond acceptors (Lipinski definition) is 3. The summed E-state index contributed by atoms with van der Waals surface area (Å²) in [6, 6.07) is 15.8. The normalized spacial score (nSPS) is 10.3. The molecule has 122 valence electrons. The van der Waals surface area contributed by atoms with Crippen molar-refractivity contribution in [2.24, 2.45) is 0 Å². The third-order valence-electron chi connectivity index (χ3n) is 3.67. The van der Waals surface area contributed by atoms with E-state index >= 15 is 0 Å². The van der Waals surface area contributed by atoms with Gasteiger partial charge in [0.1, 0.15) is 5.75 Å². The van der Waals surface area contributed by atoms with Crippen LogP contribution >= 0.6 is 0 Å². The summed E-state index contributed by atoms with van der Waals surface area (Å²) in [5, 5.41) is 6.24. The number of anilines is 1. The summed E-state index contributed by atoms with van der Waals surface area (Å²) < 4.78 is 5.21. The maximum atomic E-state index is 11.9. The van der Waals surface area contributed by atoms with Gasteiger partial charge in [-0.1, -0.05) is 30.3 Å². The van der Waals surface area contributed by atoms with E-state index in [1.165, 1.54) is 5.56 Å². The fourth-order valence-corrected chi connectivity index (χ4v) is 2.31. The number of para-hydroxylation sites is 1. The van der Waals surface area contributed by atoms with Crippen molar-refractivity contribution in [1.82, 2.24) is 5.32 Å². The van der Waals surface area contributed by atoms with E-state index in [4.69, 9.17) is 4.74 Å². The number of rotatable bonds is 8. The Labute approximate surface area is 137 Å². The second kappa shape index (κ2) is 8.96. The van der Waals surface area contributed by atoms with E-state index in [9.17, 15) is 4.79 Å². The van der Waals surface area contributed by atoms with Crippen LogP contribution in [0, 0.1) is 6.92 Å². The van der Waals surface area contributed by atoms with E-state index in [0.29, 0.717) is 13.0 Å². The Morgan fingerprint density at radius 2 is 1.91 bits per heavy atom. The molecule has 0 atom stereocenters. The lowest BCUT2D eigenvalue weighted by atomic mass is 10.1. The number of benzene rings is 2. The Balaban J connectivity index is 1.65. The average Bonchev–Trinajstić information content (AvgIpc) is 2.57. The Kier molecular flexibility index (Phi) is 6.63. The summed E-state index contributed by atoms with van der Waals surface area (Å²) in [4.78, 5) is 11.9. The topological polar surface area (TPSA) is 50.4 Å². The third-order valence-corrected chi connectivity index (χ3v) is 3.67. The molecule has 1 amide bonds. The highest BCUT2D eigenvalue weighted by molar-refractivity contribution is 5.91. The number of carbonyl (C=O) groups is 1. The summed E-state index contributed by atoms with van der Waals surface area (Å²) in [6.07, 6.45) is 1.38. The van der Waals surface area contributed by atoms with Gasteiger partial charge in [0.15, 0.2) is 0 Å². The molecule has 0 aliphatic rings. The van der Waals surface area contributed by atoms with Crippen LogP contribution in [0.4, 0.5) is 5.69 Å². The second-order valence-electron chi connectivity index (χ2n) is 5.46. The van der Waals surface area contributed by atoms with Gasteiger partial charge < -0.3 is 15.4 Å². The minimum atomic E-state index is 0.0354. The zero-order valence-corrected chi connectivity index (χ0v) is 13.8. The fourth-order valence-electron chi connectivity index (χ4n) is 2.31. The number of carbonyl (C=O) groups excluding carboxylic acids is 1. The van der Waals surface area contributed by atoms with Crippen LogP contribution in [0.1, 0.15) is 17.5 Å². The van der Waals surface area contributed by atoms with Crippen LogP contribution in [0.2, 0.25) is 0 Å². The SMILES string of the molecule is COc1cccc(CCNCCC(=O)Nc2ccccc2C)c1. The van der Waals surface area contributed by atoms with E-state index < -0.39 is 0 Å². The standard InChI is InChI=1S/C19H24N2O2/c1-15-6-3-4-9-18(15)21-19(22)11-13-20-12-10-16-7-5-8-17(14-16)23-2/h3-9,14,20H,10-13H2,1-2H3,(H,21,22). The van der Waals surface area contributed by atoms with Gasteiger partial charge in [-0.3, -0.25) is 4.79 Å². The van der Waals surface area contributed by atoms with Crippen molar-refractivity contribution >= 4 is 11.6 Å². The van der Waals surface area contributed by atoms with Gasteiger partial charge in [0.05, 0.1) is 7.11 Å². The predicted octanol–water partition coefficient (Wildman–Crippen LogP) is 3.16. The summed E-state index contributed by atoms with van der Waals surface area (Å²) in [5.41, 5.74) is 3.18. The van der Waals surface area contributed by atoms with Crippen molar-refractivity contribution in [3.63, 3.8) is 0 Å². The van der Waals surface area contributed by atoms with Gasteiger partial charge in [-0.2, -0.15) is 0 Å². The van der Waals surface area contributed by atoms with Gasteiger partial charge in [-0.05, 0) is 49.2 Å². The van der Waals surface area contributed by atoms with Crippen LogP contribution in [0.25, 0.3) is 0 Å². The van der Waals surface area contributed by atoms with Crippen LogP contribution in [0.5, 0.6) is 5.75 Å². The monoisotopic (exact) mass is 312 g/mol. The molecule has 0 aliphatic heterocycles. The molecule has 0 aliphatic carbocycles. The van der Waals surface area contributed by atoms with Crippen molar-refractivity contribution in [3.05, 3.63) is 59.7 Å². The molecule has 0 bridgehead atoms. The predicted molar refractivity (Wildman–Crippen MR) is 94.0 cm³/mol. The van der Waals surface area contributed by atoms with E-state index in [-0.39, 0.29) is 5.91 Å². The van der Waals surface area contributed by atoms with Crippen molar-refractivity contribution < 1.29 is 9.53 Å². The van der Waals surface area contributed by atoms with Gasteiger partial charge in [-0.15, -0.1) is 0 Å². The van der Waals surface area contributed by atoms with Crippen molar-refractivity contribution in [2.75, 3.05) is 25.5 Å².